The summed E-state index contributed by atoms with van der Waals surface area (Å²) >= 11 is 0. The molecular formula is C21H29N3O6S. The zero-order valence-electron chi connectivity index (χ0n) is 17.9. The monoisotopic (exact) mass is 451 g/mol. The first-order valence-corrected chi connectivity index (χ1v) is 12.0. The Balaban J connectivity index is 1.52. The van der Waals surface area contributed by atoms with Crippen LogP contribution in [0.5, 0.6) is 0 Å². The van der Waals surface area contributed by atoms with Gasteiger partial charge in [0.25, 0.3) is 5.91 Å². The fourth-order valence-electron chi connectivity index (χ4n) is 3.49. The standard InChI is InChI=1S/C21H29N3O6S/c1-3-30-21(27)16-10-12-24(13-11-16)19(25)14-23(2)20(26)15-4-8-18(9-5-15)31(28,29)22-17-6-7-17/h4-5,8-9,16-17,22H,3,6-7,10-14H2,1-2H3. The lowest BCUT2D eigenvalue weighted by Crippen LogP contribution is -2.45. The number of piperidine rings is 1. The van der Waals surface area contributed by atoms with Crippen molar-refractivity contribution in [2.75, 3.05) is 33.3 Å². The summed E-state index contributed by atoms with van der Waals surface area (Å²) < 4.78 is 32.1. The van der Waals surface area contributed by atoms with Crippen LogP contribution in [-0.4, -0.2) is 75.3 Å². The highest BCUT2D eigenvalue weighted by Gasteiger charge is 2.30. The van der Waals surface area contributed by atoms with Crippen LogP contribution in [0.25, 0.3) is 0 Å². The molecule has 31 heavy (non-hydrogen) atoms. The third kappa shape index (κ3) is 6.04. The highest BCUT2D eigenvalue weighted by Crippen LogP contribution is 2.22. The number of likely N-dealkylation sites (N-methyl/N-ethyl adjacent to an activating group) is 1. The van der Waals surface area contributed by atoms with E-state index in [1.165, 1.54) is 36.2 Å². The predicted octanol–water partition coefficient (Wildman–Crippen LogP) is 1.00. The predicted molar refractivity (Wildman–Crippen MR) is 113 cm³/mol. The van der Waals surface area contributed by atoms with E-state index in [0.717, 1.165) is 12.8 Å². The van der Waals surface area contributed by atoms with E-state index in [2.05, 4.69) is 4.72 Å². The number of hydrogen-bond donors (Lipinski definition) is 1. The Morgan fingerprint density at radius 3 is 2.26 bits per heavy atom. The van der Waals surface area contributed by atoms with E-state index in [-0.39, 0.29) is 41.2 Å². The molecule has 1 heterocycles. The number of benzene rings is 1. The minimum Gasteiger partial charge on any atom is -0.466 e. The minimum absolute atomic E-state index is 0.00538. The van der Waals surface area contributed by atoms with Crippen LogP contribution in [0.2, 0.25) is 0 Å². The van der Waals surface area contributed by atoms with Crippen LogP contribution in [-0.2, 0) is 24.3 Å². The molecule has 3 rings (SSSR count). The number of amides is 2. The molecule has 2 amide bonds. The SMILES string of the molecule is CCOC(=O)C1CCN(C(=O)CN(C)C(=O)c2ccc(S(=O)(=O)NC3CC3)cc2)CC1. The van der Waals surface area contributed by atoms with E-state index in [1.54, 1.807) is 11.8 Å². The molecule has 0 spiro atoms. The van der Waals surface area contributed by atoms with Gasteiger partial charge in [0.05, 0.1) is 24.0 Å². The number of likely N-dealkylation sites (tertiary alicyclic amines) is 1. The van der Waals surface area contributed by atoms with Gasteiger partial charge in [0.2, 0.25) is 15.9 Å². The van der Waals surface area contributed by atoms with Gasteiger partial charge < -0.3 is 14.5 Å². The summed E-state index contributed by atoms with van der Waals surface area (Å²) in [5, 5.41) is 0. The molecule has 1 saturated carbocycles. The molecule has 1 aliphatic heterocycles. The summed E-state index contributed by atoms with van der Waals surface area (Å²) in [6.07, 6.45) is 2.78. The van der Waals surface area contributed by atoms with Crippen LogP contribution in [0, 0.1) is 5.92 Å². The minimum atomic E-state index is -3.58. The fourth-order valence-corrected chi connectivity index (χ4v) is 4.79. The van der Waals surface area contributed by atoms with E-state index >= 15 is 0 Å². The molecular weight excluding hydrogens is 422 g/mol. The van der Waals surface area contributed by atoms with Crippen LogP contribution in [0.3, 0.4) is 0 Å². The molecule has 0 radical (unpaired) electrons. The molecule has 9 nitrogen and oxygen atoms in total. The number of esters is 1. The maximum atomic E-state index is 12.7. The molecule has 10 heteroatoms. The lowest BCUT2D eigenvalue weighted by molar-refractivity contribution is -0.151. The third-order valence-corrected chi connectivity index (χ3v) is 7.03. The van der Waals surface area contributed by atoms with Gasteiger partial charge in [-0.1, -0.05) is 0 Å². The molecule has 1 saturated heterocycles. The van der Waals surface area contributed by atoms with Gasteiger partial charge in [0.1, 0.15) is 0 Å². The normalized spacial score (nSPS) is 17.3. The molecule has 0 unspecified atom stereocenters. The van der Waals surface area contributed by atoms with Gasteiger partial charge in [-0.15, -0.1) is 0 Å². The smallest absolute Gasteiger partial charge is 0.309 e. The number of rotatable bonds is 8. The Labute approximate surface area is 182 Å². The highest BCUT2D eigenvalue weighted by atomic mass is 32.2. The second kappa shape index (κ2) is 9.78. The molecule has 2 fully saturated rings. The maximum absolute atomic E-state index is 12.7. The van der Waals surface area contributed by atoms with Gasteiger partial charge in [-0.05, 0) is 56.9 Å². The van der Waals surface area contributed by atoms with Crippen molar-refractivity contribution in [2.24, 2.45) is 5.92 Å². The fraction of sp³-hybridized carbons (Fsp3) is 0.571. The Morgan fingerprint density at radius 2 is 1.71 bits per heavy atom. The Kier molecular flexibility index (Phi) is 7.32. The van der Waals surface area contributed by atoms with Crippen molar-refractivity contribution in [3.8, 4) is 0 Å². The quantitative estimate of drug-likeness (QED) is 0.590. The van der Waals surface area contributed by atoms with Gasteiger partial charge in [-0.3, -0.25) is 14.4 Å². The second-order valence-electron chi connectivity index (χ2n) is 7.99. The second-order valence-corrected chi connectivity index (χ2v) is 9.70. The molecule has 0 atom stereocenters. The lowest BCUT2D eigenvalue weighted by atomic mass is 9.97. The van der Waals surface area contributed by atoms with Crippen LogP contribution in [0.1, 0.15) is 43.0 Å². The van der Waals surface area contributed by atoms with E-state index in [9.17, 15) is 22.8 Å². The molecule has 1 aromatic rings. The molecule has 2 aliphatic rings. The Bertz CT molecular complexity index is 919. The van der Waals surface area contributed by atoms with Gasteiger partial charge in [-0.2, -0.15) is 0 Å². The summed E-state index contributed by atoms with van der Waals surface area (Å²) in [7, 11) is -2.04. The summed E-state index contributed by atoms with van der Waals surface area (Å²) in [6, 6.07) is 5.71. The van der Waals surface area contributed by atoms with Gasteiger partial charge in [-0.25, -0.2) is 13.1 Å². The van der Waals surface area contributed by atoms with E-state index in [4.69, 9.17) is 4.74 Å². The number of sulfonamides is 1. The van der Waals surface area contributed by atoms with Crippen LogP contribution >= 0.6 is 0 Å². The van der Waals surface area contributed by atoms with E-state index in [0.29, 0.717) is 38.1 Å². The van der Waals surface area contributed by atoms with Gasteiger partial charge in [0, 0.05) is 31.7 Å². The molecule has 0 aromatic heterocycles. The topological polar surface area (TPSA) is 113 Å². The van der Waals surface area contributed by atoms with Crippen molar-refractivity contribution in [3.05, 3.63) is 29.8 Å². The number of ether oxygens (including phenoxy) is 1. The van der Waals surface area contributed by atoms with Crippen LogP contribution in [0.15, 0.2) is 29.2 Å². The van der Waals surface area contributed by atoms with Crippen molar-refractivity contribution in [3.63, 3.8) is 0 Å². The highest BCUT2D eigenvalue weighted by molar-refractivity contribution is 7.89. The van der Waals surface area contributed by atoms with Crippen molar-refractivity contribution >= 4 is 27.8 Å². The molecule has 1 aliphatic carbocycles. The average molecular weight is 452 g/mol. The lowest BCUT2D eigenvalue weighted by Gasteiger charge is -2.32. The molecule has 0 bridgehead atoms. The molecule has 1 N–H and O–H groups in total. The summed E-state index contributed by atoms with van der Waals surface area (Å²) in [6.45, 7) is 2.91. The Morgan fingerprint density at radius 1 is 1.10 bits per heavy atom. The number of nitrogens with zero attached hydrogens (tertiary/aromatic N) is 2. The number of carbonyl (C=O) groups excluding carboxylic acids is 3. The largest absolute Gasteiger partial charge is 0.466 e. The zero-order chi connectivity index (χ0) is 22.6. The molecule has 170 valence electrons. The maximum Gasteiger partial charge on any atom is 0.309 e. The van der Waals surface area contributed by atoms with Crippen molar-refractivity contribution in [1.29, 1.82) is 0 Å². The van der Waals surface area contributed by atoms with E-state index < -0.39 is 10.0 Å². The first-order chi connectivity index (χ1) is 14.7. The van der Waals surface area contributed by atoms with Crippen molar-refractivity contribution in [2.45, 2.75) is 43.5 Å². The number of hydrogen-bond acceptors (Lipinski definition) is 6. The first kappa shape index (κ1) is 23.2. The molecule has 1 aromatic carbocycles. The number of nitrogens with one attached hydrogen (secondary N) is 1. The summed E-state index contributed by atoms with van der Waals surface area (Å²) in [5.41, 5.74) is 0.307. The van der Waals surface area contributed by atoms with Gasteiger partial charge >= 0.3 is 5.97 Å². The third-order valence-electron chi connectivity index (χ3n) is 5.50. The van der Waals surface area contributed by atoms with Gasteiger partial charge in [0.15, 0.2) is 0 Å². The Hall–Kier alpha value is -2.46. The van der Waals surface area contributed by atoms with Crippen LogP contribution in [0.4, 0.5) is 0 Å². The number of carbonyl (C=O) groups is 3. The first-order valence-electron chi connectivity index (χ1n) is 10.5. The summed E-state index contributed by atoms with van der Waals surface area (Å²) in [5.74, 6) is -0.966. The van der Waals surface area contributed by atoms with E-state index in [1.807, 2.05) is 0 Å². The summed E-state index contributed by atoms with van der Waals surface area (Å²) in [4.78, 5) is 40.1. The zero-order valence-corrected chi connectivity index (χ0v) is 18.7. The van der Waals surface area contributed by atoms with Crippen molar-refractivity contribution < 1.29 is 27.5 Å². The van der Waals surface area contributed by atoms with Crippen LogP contribution < -0.4 is 4.72 Å². The average Bonchev–Trinajstić information content (AvgIpc) is 3.56. The van der Waals surface area contributed by atoms with Crippen molar-refractivity contribution in [1.82, 2.24) is 14.5 Å².